The number of aliphatic hydroxyl groups excluding tert-OH is 1. The molecular weight excluding hydrogens is 332 g/mol. The lowest BCUT2D eigenvalue weighted by molar-refractivity contribution is -0.0926. The monoisotopic (exact) mass is 370 g/mol. The Bertz CT molecular complexity index is 641. The highest BCUT2D eigenvalue weighted by atomic mass is 16.3. The van der Waals surface area contributed by atoms with E-state index in [0.29, 0.717) is 23.7 Å². The Hall–Kier alpha value is -1.04. The van der Waals surface area contributed by atoms with Crippen LogP contribution in [-0.2, 0) is 0 Å². The molecule has 150 valence electrons. The van der Waals surface area contributed by atoms with Gasteiger partial charge in [-0.15, -0.1) is 13.0 Å². The number of aliphatic hydroxyl groups is 2. The smallest absolute Gasteiger partial charge is 0.130 e. The lowest BCUT2D eigenvalue weighted by Crippen LogP contribution is -2.54. The maximum absolute atomic E-state index is 11.2. The van der Waals surface area contributed by atoms with Crippen molar-refractivity contribution in [3.05, 3.63) is 23.8 Å². The molecule has 2 N–H and O–H groups in total. The molecule has 4 rings (SSSR count). The lowest BCUT2D eigenvalue weighted by Gasteiger charge is -2.56. The standard InChI is InChI=1S/C23H32O2.C2H6/c1-4-6-16-14-22(3)20(11-12-23(22,25)5-2)19-9-7-15-13-17(24)8-10-18(15)21(16)19;1-2/h2,4,16-17,19-21,24-25H,1,6-14H2,3H3;1-2H3/t16?,17?,19?,20?,21?,22?,23-;/m0./s1. The second kappa shape index (κ2) is 7.76. The van der Waals surface area contributed by atoms with E-state index < -0.39 is 5.60 Å². The van der Waals surface area contributed by atoms with Crippen LogP contribution in [0.5, 0.6) is 0 Å². The summed E-state index contributed by atoms with van der Waals surface area (Å²) in [6, 6.07) is 0. The van der Waals surface area contributed by atoms with Gasteiger partial charge in [0, 0.05) is 5.41 Å². The first-order chi connectivity index (χ1) is 12.9. The molecular formula is C25H38O2. The van der Waals surface area contributed by atoms with Crippen molar-refractivity contribution in [2.75, 3.05) is 0 Å². The third kappa shape index (κ3) is 3.12. The molecule has 2 heteroatoms. The van der Waals surface area contributed by atoms with Crippen LogP contribution in [0.1, 0.15) is 78.6 Å². The first kappa shape index (κ1) is 20.7. The zero-order valence-corrected chi connectivity index (χ0v) is 17.5. The number of allylic oxidation sites excluding steroid dienone is 2. The Morgan fingerprint density at radius 3 is 2.67 bits per heavy atom. The van der Waals surface area contributed by atoms with Crippen molar-refractivity contribution in [3.8, 4) is 12.3 Å². The maximum atomic E-state index is 11.2. The largest absolute Gasteiger partial charge is 0.393 e. The number of hydrogen-bond donors (Lipinski definition) is 2. The highest BCUT2D eigenvalue weighted by Crippen LogP contribution is 2.66. The molecule has 6 unspecified atom stereocenters. The fraction of sp³-hybridized carbons (Fsp3) is 0.760. The van der Waals surface area contributed by atoms with E-state index in [1.165, 1.54) is 6.42 Å². The summed E-state index contributed by atoms with van der Waals surface area (Å²) in [7, 11) is 0. The lowest BCUT2D eigenvalue weighted by atomic mass is 9.49. The van der Waals surface area contributed by atoms with E-state index in [4.69, 9.17) is 6.42 Å². The van der Waals surface area contributed by atoms with Crippen molar-refractivity contribution in [2.24, 2.45) is 29.1 Å². The fourth-order valence-corrected chi connectivity index (χ4v) is 7.18. The van der Waals surface area contributed by atoms with Crippen LogP contribution in [0, 0.1) is 41.4 Å². The Kier molecular flexibility index (Phi) is 5.95. The van der Waals surface area contributed by atoms with Crippen molar-refractivity contribution in [1.29, 1.82) is 0 Å². The van der Waals surface area contributed by atoms with Gasteiger partial charge in [0.1, 0.15) is 5.60 Å². The minimum Gasteiger partial charge on any atom is -0.393 e. The molecule has 4 aliphatic rings. The Balaban J connectivity index is 0.00000102. The van der Waals surface area contributed by atoms with E-state index >= 15 is 0 Å². The van der Waals surface area contributed by atoms with Gasteiger partial charge in [-0.05, 0) is 81.5 Å². The minimum atomic E-state index is -0.945. The summed E-state index contributed by atoms with van der Waals surface area (Å²) >= 11 is 0. The van der Waals surface area contributed by atoms with Crippen molar-refractivity contribution >= 4 is 0 Å². The van der Waals surface area contributed by atoms with Gasteiger partial charge < -0.3 is 10.2 Å². The van der Waals surface area contributed by atoms with Crippen molar-refractivity contribution in [1.82, 2.24) is 0 Å². The molecule has 0 aromatic carbocycles. The van der Waals surface area contributed by atoms with E-state index in [1.54, 1.807) is 11.1 Å². The van der Waals surface area contributed by atoms with E-state index in [9.17, 15) is 10.2 Å². The van der Waals surface area contributed by atoms with Crippen molar-refractivity contribution in [2.45, 2.75) is 90.3 Å². The quantitative estimate of drug-likeness (QED) is 0.514. The van der Waals surface area contributed by atoms with Crippen LogP contribution in [0.25, 0.3) is 0 Å². The van der Waals surface area contributed by atoms with E-state index in [1.807, 2.05) is 13.8 Å². The molecule has 0 aliphatic heterocycles. The van der Waals surface area contributed by atoms with E-state index in [2.05, 4.69) is 25.5 Å². The van der Waals surface area contributed by atoms with E-state index in [-0.39, 0.29) is 11.5 Å². The molecule has 2 nitrogen and oxygen atoms in total. The molecule has 0 bridgehead atoms. The molecule has 0 radical (unpaired) electrons. The molecule has 2 fully saturated rings. The fourth-order valence-electron chi connectivity index (χ4n) is 7.18. The molecule has 7 atom stereocenters. The average molecular weight is 371 g/mol. The molecule has 0 amide bonds. The molecule has 27 heavy (non-hydrogen) atoms. The Labute approximate surface area is 166 Å². The molecule has 2 saturated carbocycles. The second-order valence-electron chi connectivity index (χ2n) is 9.31. The summed E-state index contributed by atoms with van der Waals surface area (Å²) in [6.07, 6.45) is 16.7. The van der Waals surface area contributed by atoms with Crippen molar-refractivity contribution < 1.29 is 10.2 Å². The summed E-state index contributed by atoms with van der Waals surface area (Å²) in [5.41, 5.74) is 2.09. The minimum absolute atomic E-state index is 0.139. The normalized spacial score (nSPS) is 45.6. The van der Waals surface area contributed by atoms with Gasteiger partial charge in [0.25, 0.3) is 0 Å². The van der Waals surface area contributed by atoms with Gasteiger partial charge in [-0.2, -0.15) is 0 Å². The van der Waals surface area contributed by atoms with Crippen LogP contribution in [0.4, 0.5) is 0 Å². The van der Waals surface area contributed by atoms with Crippen LogP contribution in [0.2, 0.25) is 0 Å². The topological polar surface area (TPSA) is 40.5 Å². The maximum Gasteiger partial charge on any atom is 0.130 e. The van der Waals surface area contributed by atoms with Gasteiger partial charge in [-0.25, -0.2) is 0 Å². The van der Waals surface area contributed by atoms with Gasteiger partial charge in [-0.1, -0.05) is 43.9 Å². The van der Waals surface area contributed by atoms with Crippen LogP contribution in [-0.4, -0.2) is 21.9 Å². The summed E-state index contributed by atoms with van der Waals surface area (Å²) in [5.74, 6) is 5.10. The number of hydrogen-bond acceptors (Lipinski definition) is 2. The third-order valence-corrected chi connectivity index (χ3v) is 8.33. The molecule has 0 saturated heterocycles. The first-order valence-electron chi connectivity index (χ1n) is 11.1. The molecule has 0 aromatic heterocycles. The van der Waals surface area contributed by atoms with Crippen LogP contribution < -0.4 is 0 Å². The van der Waals surface area contributed by atoms with Gasteiger partial charge in [0.15, 0.2) is 0 Å². The van der Waals surface area contributed by atoms with E-state index in [0.717, 1.165) is 51.4 Å². The predicted octanol–water partition coefficient (Wildman–Crippen LogP) is 5.26. The van der Waals surface area contributed by atoms with Crippen LogP contribution in [0.3, 0.4) is 0 Å². The molecule has 0 aromatic rings. The third-order valence-electron chi connectivity index (χ3n) is 8.33. The highest BCUT2D eigenvalue weighted by molar-refractivity contribution is 5.31. The summed E-state index contributed by atoms with van der Waals surface area (Å²) in [5, 5.41) is 21.3. The Morgan fingerprint density at radius 1 is 1.26 bits per heavy atom. The summed E-state index contributed by atoms with van der Waals surface area (Å²) in [6.45, 7) is 10.3. The molecule has 4 aliphatic carbocycles. The SMILES string of the molecule is C#C[C@]1(O)CCC2C3CCC4=C(CCC(O)C4)C3C(CC=C)CC21C.CC. The second-order valence-corrected chi connectivity index (χ2v) is 9.31. The van der Waals surface area contributed by atoms with Gasteiger partial charge in [0.05, 0.1) is 6.10 Å². The zero-order chi connectivity index (χ0) is 19.8. The number of fused-ring (bicyclic) bond motifs is 4. The number of terminal acetylenes is 1. The van der Waals surface area contributed by atoms with Gasteiger partial charge >= 0.3 is 0 Å². The number of rotatable bonds is 2. The summed E-state index contributed by atoms with van der Waals surface area (Å²) < 4.78 is 0. The molecule has 0 heterocycles. The first-order valence-corrected chi connectivity index (χ1v) is 11.1. The highest BCUT2D eigenvalue weighted by Gasteiger charge is 2.63. The van der Waals surface area contributed by atoms with Crippen molar-refractivity contribution in [3.63, 3.8) is 0 Å². The van der Waals surface area contributed by atoms with Gasteiger partial charge in [-0.3, -0.25) is 0 Å². The predicted molar refractivity (Wildman–Crippen MR) is 112 cm³/mol. The van der Waals surface area contributed by atoms with Gasteiger partial charge in [0.2, 0.25) is 0 Å². The van der Waals surface area contributed by atoms with Crippen LogP contribution in [0.15, 0.2) is 23.8 Å². The Morgan fingerprint density at radius 2 is 2.00 bits per heavy atom. The molecule has 0 spiro atoms. The summed E-state index contributed by atoms with van der Waals surface area (Å²) in [4.78, 5) is 0. The zero-order valence-electron chi connectivity index (χ0n) is 17.5. The average Bonchev–Trinajstić information content (AvgIpc) is 2.94. The van der Waals surface area contributed by atoms with Crippen LogP contribution >= 0.6 is 0 Å².